The van der Waals surface area contributed by atoms with Crippen molar-refractivity contribution in [3.8, 4) is 11.5 Å². The van der Waals surface area contributed by atoms with Gasteiger partial charge in [0.05, 0.1) is 26.5 Å². The second-order valence-electron chi connectivity index (χ2n) is 8.23. The number of hydrogen-bond donors (Lipinski definition) is 2. The standard InChI is InChI=1S/C27H30BrN3O5/c1-15-16(2)25(35-6)20(17(3)24(15)34-5)14-30-27(33)36-18(4)19-10-11-22(21(28)13-19)31-26(32)23-9-7-8-12-29-23/h7-13,18H,14H2,1-6H3,(H,30,33)(H,31,32). The Morgan fingerprint density at radius 1 is 1.00 bits per heavy atom. The zero-order valence-electron chi connectivity index (χ0n) is 21.2. The van der Waals surface area contributed by atoms with E-state index in [1.165, 1.54) is 0 Å². The third-order valence-electron chi connectivity index (χ3n) is 6.02. The molecular formula is C27H30BrN3O5. The molecule has 1 atom stereocenters. The molecule has 0 aliphatic rings. The second kappa shape index (κ2) is 11.9. The zero-order chi connectivity index (χ0) is 26.4. The van der Waals surface area contributed by atoms with Crippen LogP contribution in [0.15, 0.2) is 47.1 Å². The topological polar surface area (TPSA) is 98.8 Å². The fraction of sp³-hybridized carbons (Fsp3) is 0.296. The molecule has 1 heterocycles. The maximum absolute atomic E-state index is 12.6. The summed E-state index contributed by atoms with van der Waals surface area (Å²) < 4.78 is 17.4. The Balaban J connectivity index is 1.66. The van der Waals surface area contributed by atoms with Crippen molar-refractivity contribution in [2.24, 2.45) is 0 Å². The van der Waals surface area contributed by atoms with E-state index in [9.17, 15) is 9.59 Å². The van der Waals surface area contributed by atoms with Gasteiger partial charge in [-0.05, 0) is 90.1 Å². The van der Waals surface area contributed by atoms with Gasteiger partial charge in [-0.2, -0.15) is 0 Å². The third-order valence-corrected chi connectivity index (χ3v) is 6.68. The summed E-state index contributed by atoms with van der Waals surface area (Å²) in [6.45, 7) is 7.87. The van der Waals surface area contributed by atoms with Crippen LogP contribution in [0.1, 0.15) is 51.3 Å². The van der Waals surface area contributed by atoms with Crippen molar-refractivity contribution in [3.05, 3.63) is 80.6 Å². The maximum atomic E-state index is 12.6. The molecule has 0 bridgehead atoms. The summed E-state index contributed by atoms with van der Waals surface area (Å²) in [4.78, 5) is 29.0. The molecule has 2 N–H and O–H groups in total. The van der Waals surface area contributed by atoms with Gasteiger partial charge in [0.1, 0.15) is 23.3 Å². The van der Waals surface area contributed by atoms with Gasteiger partial charge in [0, 0.05) is 16.2 Å². The van der Waals surface area contributed by atoms with Crippen LogP contribution in [0, 0.1) is 20.8 Å². The zero-order valence-corrected chi connectivity index (χ0v) is 22.8. The third kappa shape index (κ3) is 5.96. The maximum Gasteiger partial charge on any atom is 0.408 e. The minimum Gasteiger partial charge on any atom is -0.496 e. The number of anilines is 1. The van der Waals surface area contributed by atoms with E-state index in [1.807, 2.05) is 20.8 Å². The minimum atomic E-state index is -0.565. The van der Waals surface area contributed by atoms with Crippen molar-refractivity contribution in [3.63, 3.8) is 0 Å². The van der Waals surface area contributed by atoms with Crippen molar-refractivity contribution >= 4 is 33.6 Å². The van der Waals surface area contributed by atoms with Crippen molar-refractivity contribution in [2.75, 3.05) is 19.5 Å². The lowest BCUT2D eigenvalue weighted by Crippen LogP contribution is -2.26. The number of halogens is 1. The summed E-state index contributed by atoms with van der Waals surface area (Å²) in [6, 6.07) is 10.5. The van der Waals surface area contributed by atoms with Crippen molar-refractivity contribution in [1.29, 1.82) is 0 Å². The SMILES string of the molecule is COc1c(C)c(C)c(OC)c(CNC(=O)OC(C)c2ccc(NC(=O)c3ccccn3)c(Br)c2)c1C. The fourth-order valence-corrected chi connectivity index (χ4v) is 4.45. The Hall–Kier alpha value is -3.59. The highest BCUT2D eigenvalue weighted by Gasteiger charge is 2.20. The summed E-state index contributed by atoms with van der Waals surface area (Å²) in [7, 11) is 3.24. The minimum absolute atomic E-state index is 0.222. The molecular weight excluding hydrogens is 526 g/mol. The Labute approximate surface area is 219 Å². The molecule has 2 amide bonds. The van der Waals surface area contributed by atoms with Crippen molar-refractivity contribution < 1.29 is 23.8 Å². The summed E-state index contributed by atoms with van der Waals surface area (Å²) in [5.74, 6) is 1.17. The number of nitrogens with zero attached hydrogens (tertiary/aromatic N) is 1. The number of methoxy groups -OCH3 is 2. The molecule has 0 radical (unpaired) electrons. The molecule has 0 saturated heterocycles. The Kier molecular flexibility index (Phi) is 8.93. The molecule has 1 unspecified atom stereocenters. The molecule has 190 valence electrons. The van der Waals surface area contributed by atoms with Crippen LogP contribution in [0.2, 0.25) is 0 Å². The number of rotatable bonds is 8. The van der Waals surface area contributed by atoms with Crippen LogP contribution in [0.25, 0.3) is 0 Å². The van der Waals surface area contributed by atoms with E-state index in [0.717, 1.165) is 33.6 Å². The fourth-order valence-electron chi connectivity index (χ4n) is 3.95. The van der Waals surface area contributed by atoms with Crippen LogP contribution in [0.4, 0.5) is 10.5 Å². The van der Waals surface area contributed by atoms with Crippen LogP contribution in [-0.4, -0.2) is 31.2 Å². The molecule has 0 saturated carbocycles. The summed E-state index contributed by atoms with van der Waals surface area (Å²) >= 11 is 3.48. The lowest BCUT2D eigenvalue weighted by atomic mass is 9.97. The number of alkyl carbamates (subject to hydrolysis) is 1. The number of carbonyl (C=O) groups excluding carboxylic acids is 2. The first kappa shape index (κ1) is 27.0. The molecule has 2 aromatic carbocycles. The quantitative estimate of drug-likeness (QED) is 0.352. The first-order valence-electron chi connectivity index (χ1n) is 11.3. The van der Waals surface area contributed by atoms with Gasteiger partial charge in [0.2, 0.25) is 0 Å². The number of amides is 2. The van der Waals surface area contributed by atoms with Crippen LogP contribution >= 0.6 is 15.9 Å². The van der Waals surface area contributed by atoms with Gasteiger partial charge in [-0.25, -0.2) is 4.79 Å². The molecule has 8 nitrogen and oxygen atoms in total. The highest BCUT2D eigenvalue weighted by molar-refractivity contribution is 9.10. The van der Waals surface area contributed by atoms with Crippen molar-refractivity contribution in [2.45, 2.75) is 40.3 Å². The van der Waals surface area contributed by atoms with Gasteiger partial charge in [-0.15, -0.1) is 0 Å². The number of ether oxygens (including phenoxy) is 3. The lowest BCUT2D eigenvalue weighted by Gasteiger charge is -2.21. The average Bonchev–Trinajstić information content (AvgIpc) is 2.87. The molecule has 0 aliphatic carbocycles. The largest absolute Gasteiger partial charge is 0.496 e. The summed E-state index contributed by atoms with van der Waals surface area (Å²) in [6.07, 6.45) is 0.467. The van der Waals surface area contributed by atoms with Crippen LogP contribution < -0.4 is 20.1 Å². The number of pyridine rings is 1. The predicted molar refractivity (Wildman–Crippen MR) is 142 cm³/mol. The van der Waals surface area contributed by atoms with Gasteiger partial charge in [0.25, 0.3) is 5.91 Å². The molecule has 0 aliphatic heterocycles. The Morgan fingerprint density at radius 2 is 1.69 bits per heavy atom. The normalized spacial score (nSPS) is 11.4. The molecule has 3 rings (SSSR count). The van der Waals surface area contributed by atoms with E-state index in [2.05, 4.69) is 31.5 Å². The summed E-state index contributed by atoms with van der Waals surface area (Å²) in [5.41, 5.74) is 5.34. The second-order valence-corrected chi connectivity index (χ2v) is 9.08. The van der Waals surface area contributed by atoms with Gasteiger partial charge < -0.3 is 24.8 Å². The molecule has 0 fully saturated rings. The van der Waals surface area contributed by atoms with E-state index < -0.39 is 12.2 Å². The number of hydrogen-bond acceptors (Lipinski definition) is 6. The van der Waals surface area contributed by atoms with Crippen molar-refractivity contribution in [1.82, 2.24) is 10.3 Å². The molecule has 3 aromatic rings. The van der Waals surface area contributed by atoms with E-state index in [4.69, 9.17) is 14.2 Å². The summed E-state index contributed by atoms with van der Waals surface area (Å²) in [5, 5.41) is 5.63. The Morgan fingerprint density at radius 3 is 2.31 bits per heavy atom. The van der Waals surface area contributed by atoms with E-state index in [-0.39, 0.29) is 12.5 Å². The predicted octanol–water partition coefficient (Wildman–Crippen LogP) is 6.03. The van der Waals surface area contributed by atoms with E-state index in [0.29, 0.717) is 21.6 Å². The van der Waals surface area contributed by atoms with E-state index in [1.54, 1.807) is 63.7 Å². The number of carbonyl (C=O) groups is 2. The van der Waals surface area contributed by atoms with Gasteiger partial charge in [-0.3, -0.25) is 9.78 Å². The van der Waals surface area contributed by atoms with E-state index >= 15 is 0 Å². The lowest BCUT2D eigenvalue weighted by molar-refractivity contribution is 0.102. The average molecular weight is 556 g/mol. The van der Waals surface area contributed by atoms with Crippen LogP contribution in [0.3, 0.4) is 0 Å². The molecule has 9 heteroatoms. The molecule has 0 spiro atoms. The highest BCUT2D eigenvalue weighted by Crippen LogP contribution is 2.37. The molecule has 36 heavy (non-hydrogen) atoms. The van der Waals surface area contributed by atoms with Crippen LogP contribution in [0.5, 0.6) is 11.5 Å². The van der Waals surface area contributed by atoms with Crippen LogP contribution in [-0.2, 0) is 11.3 Å². The Bertz CT molecular complexity index is 1260. The first-order chi connectivity index (χ1) is 17.2. The smallest absolute Gasteiger partial charge is 0.408 e. The van der Waals surface area contributed by atoms with Gasteiger partial charge in [0.15, 0.2) is 0 Å². The first-order valence-corrected chi connectivity index (χ1v) is 12.1. The van der Waals surface area contributed by atoms with Gasteiger partial charge in [-0.1, -0.05) is 12.1 Å². The van der Waals surface area contributed by atoms with Gasteiger partial charge >= 0.3 is 6.09 Å². The number of aromatic nitrogens is 1. The number of nitrogens with one attached hydrogen (secondary N) is 2. The number of benzene rings is 2. The highest BCUT2D eigenvalue weighted by atomic mass is 79.9. The molecule has 1 aromatic heterocycles. The monoisotopic (exact) mass is 555 g/mol.